The van der Waals surface area contributed by atoms with Crippen molar-refractivity contribution in [3.8, 4) is 11.3 Å². The number of carbonyl (C=O) groups excluding carboxylic acids is 1. The van der Waals surface area contributed by atoms with Crippen LogP contribution in [0.15, 0.2) is 48.7 Å². The maximum Gasteiger partial charge on any atom is 0.255 e. The van der Waals surface area contributed by atoms with Crippen LogP contribution in [0.4, 0.5) is 21.8 Å². The van der Waals surface area contributed by atoms with Crippen LogP contribution in [-0.4, -0.2) is 25.7 Å². The largest absolute Gasteiger partial charge is 0.384 e. The van der Waals surface area contributed by atoms with E-state index in [9.17, 15) is 9.18 Å². The minimum Gasteiger partial charge on any atom is -0.384 e. The predicted octanol–water partition coefficient (Wildman–Crippen LogP) is 2.59. The van der Waals surface area contributed by atoms with Gasteiger partial charge in [0, 0.05) is 35.3 Å². The number of aryl methyl sites for hydroxylation is 1. The quantitative estimate of drug-likeness (QED) is 0.504. The summed E-state index contributed by atoms with van der Waals surface area (Å²) in [6, 6.07) is 10.8. The maximum atomic E-state index is 14.1. The number of hydrogen-bond acceptors (Lipinski definition) is 6. The van der Waals surface area contributed by atoms with Crippen molar-refractivity contribution in [1.29, 1.82) is 0 Å². The molecule has 0 aliphatic rings. The summed E-state index contributed by atoms with van der Waals surface area (Å²) in [5.41, 5.74) is 13.6. The molecule has 0 unspecified atom stereocenters. The van der Waals surface area contributed by atoms with Crippen LogP contribution >= 0.6 is 0 Å². The van der Waals surface area contributed by atoms with E-state index in [1.165, 1.54) is 18.2 Å². The normalized spacial score (nSPS) is 10.9. The number of anilines is 3. The highest BCUT2D eigenvalue weighted by Gasteiger charge is 2.13. The van der Waals surface area contributed by atoms with E-state index in [2.05, 4.69) is 20.4 Å². The standard InChI is InChI=1S/C19H16FN7O/c1-27-16-3-2-14(7-12(16)9-23-27)24-18(28)11-4-10(5-13(20)6-11)15-8-17(21)26-19(22)25-15/h2-9H,1H3,(H,24,28)(H4,21,22,25,26). The Morgan fingerprint density at radius 2 is 1.93 bits per heavy atom. The first kappa shape index (κ1) is 17.4. The summed E-state index contributed by atoms with van der Waals surface area (Å²) in [5.74, 6) is -0.919. The Hall–Kier alpha value is -4.01. The first-order chi connectivity index (χ1) is 13.4. The van der Waals surface area contributed by atoms with Crippen LogP contribution in [0.2, 0.25) is 0 Å². The summed E-state index contributed by atoms with van der Waals surface area (Å²) in [4.78, 5) is 20.5. The molecule has 0 fully saturated rings. The lowest BCUT2D eigenvalue weighted by atomic mass is 10.1. The Balaban J connectivity index is 1.65. The van der Waals surface area contributed by atoms with Gasteiger partial charge >= 0.3 is 0 Å². The lowest BCUT2D eigenvalue weighted by Crippen LogP contribution is -2.12. The van der Waals surface area contributed by atoms with Crippen molar-refractivity contribution < 1.29 is 9.18 Å². The van der Waals surface area contributed by atoms with Gasteiger partial charge in [0.05, 0.1) is 17.4 Å². The number of hydrogen-bond donors (Lipinski definition) is 3. The minimum atomic E-state index is -0.582. The number of nitrogens with zero attached hydrogens (tertiary/aromatic N) is 4. The summed E-state index contributed by atoms with van der Waals surface area (Å²) in [6.07, 6.45) is 1.70. The molecular weight excluding hydrogens is 361 g/mol. The number of nitrogens with two attached hydrogens (primary N) is 2. The third-order valence-electron chi connectivity index (χ3n) is 4.22. The van der Waals surface area contributed by atoms with E-state index in [0.29, 0.717) is 16.9 Å². The van der Waals surface area contributed by atoms with Crippen LogP contribution in [0.3, 0.4) is 0 Å². The van der Waals surface area contributed by atoms with Gasteiger partial charge in [0.25, 0.3) is 5.91 Å². The van der Waals surface area contributed by atoms with E-state index in [1.807, 2.05) is 13.1 Å². The van der Waals surface area contributed by atoms with Crippen LogP contribution in [0, 0.1) is 5.82 Å². The van der Waals surface area contributed by atoms with Crippen LogP contribution in [0.5, 0.6) is 0 Å². The van der Waals surface area contributed by atoms with Gasteiger partial charge in [0.15, 0.2) is 0 Å². The number of aromatic nitrogens is 4. The molecule has 0 aliphatic heterocycles. The molecule has 8 nitrogen and oxygen atoms in total. The molecule has 0 saturated carbocycles. The SMILES string of the molecule is Cn1ncc2cc(NC(=O)c3cc(F)cc(-c4cc(N)nc(N)n4)c3)ccc21. The molecule has 9 heteroatoms. The van der Waals surface area contributed by atoms with E-state index in [4.69, 9.17) is 11.5 Å². The Labute approximate surface area is 159 Å². The highest BCUT2D eigenvalue weighted by molar-refractivity contribution is 6.05. The number of benzene rings is 2. The molecule has 2 aromatic carbocycles. The number of fused-ring (bicyclic) bond motifs is 1. The predicted molar refractivity (Wildman–Crippen MR) is 105 cm³/mol. The molecule has 0 saturated heterocycles. The fraction of sp³-hybridized carbons (Fsp3) is 0.0526. The van der Waals surface area contributed by atoms with Crippen molar-refractivity contribution in [3.63, 3.8) is 0 Å². The van der Waals surface area contributed by atoms with Crippen LogP contribution in [0.25, 0.3) is 22.2 Å². The maximum absolute atomic E-state index is 14.1. The second-order valence-corrected chi connectivity index (χ2v) is 6.26. The minimum absolute atomic E-state index is 0.0324. The Kier molecular flexibility index (Phi) is 4.11. The van der Waals surface area contributed by atoms with Gasteiger partial charge in [-0.25, -0.2) is 9.37 Å². The van der Waals surface area contributed by atoms with E-state index in [0.717, 1.165) is 17.0 Å². The van der Waals surface area contributed by atoms with Gasteiger partial charge < -0.3 is 16.8 Å². The molecule has 0 bridgehead atoms. The molecule has 2 heterocycles. The molecule has 140 valence electrons. The molecule has 4 rings (SSSR count). The van der Waals surface area contributed by atoms with E-state index < -0.39 is 11.7 Å². The monoisotopic (exact) mass is 377 g/mol. The number of halogens is 1. The summed E-state index contributed by atoms with van der Waals surface area (Å²) in [6.45, 7) is 0. The smallest absolute Gasteiger partial charge is 0.255 e. The Morgan fingerprint density at radius 3 is 2.71 bits per heavy atom. The zero-order valence-corrected chi connectivity index (χ0v) is 14.8. The average molecular weight is 377 g/mol. The summed E-state index contributed by atoms with van der Waals surface area (Å²) in [7, 11) is 1.83. The van der Waals surface area contributed by atoms with Crippen molar-refractivity contribution in [2.75, 3.05) is 16.8 Å². The molecule has 0 spiro atoms. The van der Waals surface area contributed by atoms with Gasteiger partial charge in [-0.3, -0.25) is 9.48 Å². The highest BCUT2D eigenvalue weighted by atomic mass is 19.1. The van der Waals surface area contributed by atoms with Crippen molar-refractivity contribution in [2.45, 2.75) is 0 Å². The zero-order chi connectivity index (χ0) is 19.8. The van der Waals surface area contributed by atoms with Gasteiger partial charge in [-0.2, -0.15) is 10.1 Å². The van der Waals surface area contributed by atoms with Gasteiger partial charge in [-0.1, -0.05) is 0 Å². The number of amides is 1. The van der Waals surface area contributed by atoms with Gasteiger partial charge in [0.2, 0.25) is 5.95 Å². The molecule has 4 aromatic rings. The fourth-order valence-corrected chi connectivity index (χ4v) is 2.95. The summed E-state index contributed by atoms with van der Waals surface area (Å²) >= 11 is 0. The van der Waals surface area contributed by atoms with Crippen molar-refractivity contribution in [3.05, 3.63) is 60.0 Å². The van der Waals surface area contributed by atoms with Crippen molar-refractivity contribution >= 4 is 34.3 Å². The topological polar surface area (TPSA) is 125 Å². The van der Waals surface area contributed by atoms with Crippen LogP contribution in [0.1, 0.15) is 10.4 Å². The molecule has 28 heavy (non-hydrogen) atoms. The molecule has 0 aliphatic carbocycles. The first-order valence-electron chi connectivity index (χ1n) is 8.33. The third-order valence-corrected chi connectivity index (χ3v) is 4.22. The number of carbonyl (C=O) groups is 1. The van der Waals surface area contributed by atoms with Crippen molar-refractivity contribution in [1.82, 2.24) is 19.7 Å². The molecule has 0 radical (unpaired) electrons. The number of nitrogens with one attached hydrogen (secondary N) is 1. The highest BCUT2D eigenvalue weighted by Crippen LogP contribution is 2.24. The summed E-state index contributed by atoms with van der Waals surface area (Å²) < 4.78 is 15.9. The second-order valence-electron chi connectivity index (χ2n) is 6.26. The molecular formula is C19H16FN7O. The Morgan fingerprint density at radius 1 is 1.11 bits per heavy atom. The molecule has 2 aromatic heterocycles. The first-order valence-corrected chi connectivity index (χ1v) is 8.33. The Bertz CT molecular complexity index is 1200. The fourth-order valence-electron chi connectivity index (χ4n) is 2.95. The summed E-state index contributed by atoms with van der Waals surface area (Å²) in [5, 5.41) is 7.81. The van der Waals surface area contributed by atoms with E-state index in [1.54, 1.807) is 23.0 Å². The molecule has 1 amide bonds. The van der Waals surface area contributed by atoms with Gasteiger partial charge in [-0.05, 0) is 36.4 Å². The van der Waals surface area contributed by atoms with Gasteiger partial charge in [0.1, 0.15) is 11.6 Å². The zero-order valence-electron chi connectivity index (χ0n) is 14.8. The number of nitrogen functional groups attached to an aromatic ring is 2. The van der Waals surface area contributed by atoms with Crippen LogP contribution < -0.4 is 16.8 Å². The lowest BCUT2D eigenvalue weighted by molar-refractivity contribution is 0.102. The van der Waals surface area contributed by atoms with E-state index >= 15 is 0 Å². The number of rotatable bonds is 3. The van der Waals surface area contributed by atoms with Crippen molar-refractivity contribution in [2.24, 2.45) is 7.05 Å². The third kappa shape index (κ3) is 3.32. The second kappa shape index (κ2) is 6.62. The van der Waals surface area contributed by atoms with Crippen LogP contribution in [-0.2, 0) is 7.05 Å². The lowest BCUT2D eigenvalue weighted by Gasteiger charge is -2.09. The van der Waals surface area contributed by atoms with Gasteiger partial charge in [-0.15, -0.1) is 0 Å². The van der Waals surface area contributed by atoms with E-state index in [-0.39, 0.29) is 17.3 Å². The average Bonchev–Trinajstić information content (AvgIpc) is 3.01. The molecule has 0 atom stereocenters. The molecule has 5 N–H and O–H groups in total.